The van der Waals surface area contributed by atoms with Crippen LogP contribution in [0.3, 0.4) is 0 Å². The Kier molecular flexibility index (Phi) is 4.08. The van der Waals surface area contributed by atoms with Crippen molar-refractivity contribution >= 4 is 11.6 Å². The molecular formula is C13H18ClNO. The summed E-state index contributed by atoms with van der Waals surface area (Å²) in [7, 11) is 2.00. The maximum atomic E-state index is 6.06. The van der Waals surface area contributed by atoms with Gasteiger partial charge in [0.15, 0.2) is 0 Å². The zero-order chi connectivity index (χ0) is 11.4. The smallest absolute Gasteiger partial charge is 0.138 e. The van der Waals surface area contributed by atoms with Gasteiger partial charge in [-0.1, -0.05) is 23.7 Å². The zero-order valence-electron chi connectivity index (χ0n) is 9.58. The van der Waals surface area contributed by atoms with E-state index in [1.165, 1.54) is 6.42 Å². The van der Waals surface area contributed by atoms with Crippen LogP contribution in [0.15, 0.2) is 24.3 Å². The third-order valence-corrected chi connectivity index (χ3v) is 3.43. The molecule has 0 aliphatic heterocycles. The first-order chi connectivity index (χ1) is 7.79. The van der Waals surface area contributed by atoms with Crippen LogP contribution in [-0.4, -0.2) is 19.7 Å². The molecule has 0 saturated heterocycles. The van der Waals surface area contributed by atoms with Gasteiger partial charge in [0.2, 0.25) is 0 Å². The van der Waals surface area contributed by atoms with E-state index in [1.54, 1.807) is 0 Å². The van der Waals surface area contributed by atoms with Gasteiger partial charge in [0.25, 0.3) is 0 Å². The van der Waals surface area contributed by atoms with Crippen molar-refractivity contribution in [2.24, 2.45) is 5.92 Å². The molecule has 0 heterocycles. The van der Waals surface area contributed by atoms with Gasteiger partial charge in [-0.15, -0.1) is 0 Å². The minimum Gasteiger partial charge on any atom is -0.489 e. The van der Waals surface area contributed by atoms with Crippen LogP contribution in [-0.2, 0) is 0 Å². The molecule has 1 N–H and O–H groups in total. The lowest BCUT2D eigenvalue weighted by atomic mass is 10.1. The summed E-state index contributed by atoms with van der Waals surface area (Å²) >= 11 is 6.06. The van der Waals surface area contributed by atoms with Crippen molar-refractivity contribution < 1.29 is 4.74 Å². The van der Waals surface area contributed by atoms with Gasteiger partial charge in [-0.2, -0.15) is 0 Å². The number of hydrogen-bond donors (Lipinski definition) is 1. The Morgan fingerprint density at radius 2 is 2.19 bits per heavy atom. The summed E-state index contributed by atoms with van der Waals surface area (Å²) < 4.78 is 5.92. The molecule has 0 aromatic heterocycles. The minimum absolute atomic E-state index is 0.332. The van der Waals surface area contributed by atoms with Gasteiger partial charge < -0.3 is 10.1 Å². The lowest BCUT2D eigenvalue weighted by Gasteiger charge is -2.15. The molecule has 1 aromatic rings. The number of ether oxygens (including phenoxy) is 1. The van der Waals surface area contributed by atoms with Crippen LogP contribution >= 0.6 is 11.6 Å². The molecular weight excluding hydrogens is 222 g/mol. The Hall–Kier alpha value is -0.730. The summed E-state index contributed by atoms with van der Waals surface area (Å²) in [6.45, 7) is 1.09. The second-order valence-corrected chi connectivity index (χ2v) is 4.81. The van der Waals surface area contributed by atoms with Gasteiger partial charge in [-0.05, 0) is 50.9 Å². The Balaban J connectivity index is 1.90. The molecule has 1 aliphatic carbocycles. The van der Waals surface area contributed by atoms with E-state index in [1.807, 2.05) is 31.3 Å². The Morgan fingerprint density at radius 3 is 2.94 bits per heavy atom. The van der Waals surface area contributed by atoms with E-state index in [2.05, 4.69) is 5.32 Å². The van der Waals surface area contributed by atoms with Crippen LogP contribution in [0.5, 0.6) is 5.75 Å². The average Bonchev–Trinajstić information content (AvgIpc) is 2.70. The summed E-state index contributed by atoms with van der Waals surface area (Å²) in [4.78, 5) is 0. The van der Waals surface area contributed by atoms with E-state index >= 15 is 0 Å². The highest BCUT2D eigenvalue weighted by Crippen LogP contribution is 2.31. The monoisotopic (exact) mass is 239 g/mol. The molecule has 1 saturated carbocycles. The number of para-hydroxylation sites is 1. The van der Waals surface area contributed by atoms with Crippen molar-refractivity contribution in [3.63, 3.8) is 0 Å². The molecule has 1 aromatic carbocycles. The molecule has 2 unspecified atom stereocenters. The Morgan fingerprint density at radius 1 is 1.38 bits per heavy atom. The number of benzene rings is 1. The predicted octanol–water partition coefficient (Wildman–Crippen LogP) is 3.11. The van der Waals surface area contributed by atoms with Crippen LogP contribution in [0.2, 0.25) is 5.02 Å². The van der Waals surface area contributed by atoms with Crippen LogP contribution in [0.4, 0.5) is 0 Å². The first-order valence-corrected chi connectivity index (χ1v) is 6.23. The van der Waals surface area contributed by atoms with Crippen molar-refractivity contribution in [1.29, 1.82) is 0 Å². The summed E-state index contributed by atoms with van der Waals surface area (Å²) in [5, 5.41) is 3.93. The first kappa shape index (κ1) is 11.7. The fourth-order valence-corrected chi connectivity index (χ4v) is 2.51. The third-order valence-electron chi connectivity index (χ3n) is 3.12. The van der Waals surface area contributed by atoms with Crippen LogP contribution in [0, 0.1) is 5.92 Å². The molecule has 1 aliphatic rings. The normalized spacial score (nSPS) is 24.6. The first-order valence-electron chi connectivity index (χ1n) is 5.85. The molecule has 0 spiro atoms. The molecule has 0 amide bonds. The van der Waals surface area contributed by atoms with Crippen molar-refractivity contribution in [3.8, 4) is 5.75 Å². The van der Waals surface area contributed by atoms with Gasteiger partial charge in [0, 0.05) is 0 Å². The molecule has 3 heteroatoms. The number of halogens is 1. The topological polar surface area (TPSA) is 21.3 Å². The minimum atomic E-state index is 0.332. The molecule has 2 rings (SSSR count). The number of nitrogens with one attached hydrogen (secondary N) is 1. The number of rotatable bonds is 4. The van der Waals surface area contributed by atoms with Gasteiger partial charge in [-0.25, -0.2) is 0 Å². The Bertz CT molecular complexity index is 342. The van der Waals surface area contributed by atoms with Crippen LogP contribution in [0.25, 0.3) is 0 Å². The van der Waals surface area contributed by atoms with Gasteiger partial charge in [-0.3, -0.25) is 0 Å². The van der Waals surface area contributed by atoms with Gasteiger partial charge in [0.05, 0.1) is 11.1 Å². The quantitative estimate of drug-likeness (QED) is 0.872. The standard InChI is InChI=1S/C13H18ClNO/c1-15-9-10-6-7-11(8-10)16-13-5-3-2-4-12(13)14/h2-5,10-11,15H,6-9H2,1H3. The van der Waals surface area contributed by atoms with Crippen molar-refractivity contribution in [1.82, 2.24) is 5.32 Å². The van der Waals surface area contributed by atoms with Crippen LogP contribution < -0.4 is 10.1 Å². The average molecular weight is 240 g/mol. The largest absolute Gasteiger partial charge is 0.489 e. The highest BCUT2D eigenvalue weighted by atomic mass is 35.5. The summed E-state index contributed by atoms with van der Waals surface area (Å²) in [5.74, 6) is 1.57. The molecule has 2 atom stereocenters. The fraction of sp³-hybridized carbons (Fsp3) is 0.538. The predicted molar refractivity (Wildman–Crippen MR) is 67.1 cm³/mol. The highest BCUT2D eigenvalue weighted by Gasteiger charge is 2.25. The SMILES string of the molecule is CNCC1CCC(Oc2ccccc2Cl)C1. The van der Waals surface area contributed by atoms with E-state index in [0.29, 0.717) is 11.1 Å². The van der Waals surface area contributed by atoms with Crippen molar-refractivity contribution in [3.05, 3.63) is 29.3 Å². The van der Waals surface area contributed by atoms with E-state index in [4.69, 9.17) is 16.3 Å². The van der Waals surface area contributed by atoms with Crippen LogP contribution in [0.1, 0.15) is 19.3 Å². The molecule has 0 bridgehead atoms. The second-order valence-electron chi connectivity index (χ2n) is 4.41. The summed E-state index contributed by atoms with van der Waals surface area (Å²) in [6.07, 6.45) is 3.85. The Labute approximate surface area is 102 Å². The molecule has 2 nitrogen and oxygen atoms in total. The third kappa shape index (κ3) is 2.89. The van der Waals surface area contributed by atoms with E-state index in [0.717, 1.165) is 31.1 Å². The maximum absolute atomic E-state index is 6.06. The van der Waals surface area contributed by atoms with Gasteiger partial charge in [0.1, 0.15) is 5.75 Å². The zero-order valence-corrected chi connectivity index (χ0v) is 10.3. The summed E-state index contributed by atoms with van der Waals surface area (Å²) in [6, 6.07) is 7.69. The molecule has 16 heavy (non-hydrogen) atoms. The van der Waals surface area contributed by atoms with Crippen molar-refractivity contribution in [2.75, 3.05) is 13.6 Å². The van der Waals surface area contributed by atoms with Gasteiger partial charge >= 0.3 is 0 Å². The van der Waals surface area contributed by atoms with E-state index in [-0.39, 0.29) is 0 Å². The summed E-state index contributed by atoms with van der Waals surface area (Å²) in [5.41, 5.74) is 0. The second kappa shape index (κ2) is 5.55. The lowest BCUT2D eigenvalue weighted by Crippen LogP contribution is -2.18. The molecule has 88 valence electrons. The number of hydrogen-bond acceptors (Lipinski definition) is 2. The highest BCUT2D eigenvalue weighted by molar-refractivity contribution is 6.32. The van der Waals surface area contributed by atoms with Crippen molar-refractivity contribution in [2.45, 2.75) is 25.4 Å². The fourth-order valence-electron chi connectivity index (χ4n) is 2.33. The molecule has 1 fully saturated rings. The van der Waals surface area contributed by atoms with E-state index in [9.17, 15) is 0 Å². The van der Waals surface area contributed by atoms with E-state index < -0.39 is 0 Å². The molecule has 0 radical (unpaired) electrons. The lowest BCUT2D eigenvalue weighted by molar-refractivity contribution is 0.204. The maximum Gasteiger partial charge on any atom is 0.138 e.